The normalized spacial score (nSPS) is 19.5. The van der Waals surface area contributed by atoms with Crippen molar-refractivity contribution in [3.8, 4) is 0 Å². The lowest BCUT2D eigenvalue weighted by Gasteiger charge is -2.21. The van der Waals surface area contributed by atoms with Gasteiger partial charge in [-0.25, -0.2) is 4.98 Å². The topological polar surface area (TPSA) is 73.4 Å². The van der Waals surface area contributed by atoms with Crippen molar-refractivity contribution in [3.63, 3.8) is 0 Å². The number of ether oxygens (including phenoxy) is 1. The van der Waals surface area contributed by atoms with Crippen molar-refractivity contribution >= 4 is 5.91 Å². The van der Waals surface area contributed by atoms with Gasteiger partial charge >= 0.3 is 0 Å². The van der Waals surface area contributed by atoms with Gasteiger partial charge in [0.1, 0.15) is 5.69 Å². The molecule has 2 N–H and O–H groups in total. The molecule has 2 heterocycles. The molecule has 1 atom stereocenters. The molecule has 1 unspecified atom stereocenters. The van der Waals surface area contributed by atoms with E-state index in [1.54, 1.807) is 24.5 Å². The Morgan fingerprint density at radius 2 is 2.59 bits per heavy atom. The number of amides is 1. The van der Waals surface area contributed by atoms with E-state index in [2.05, 4.69) is 4.98 Å². The maximum absolute atomic E-state index is 12.1. The fraction of sp³-hybridized carbons (Fsp3) is 0.636. The number of nitrogens with two attached hydrogens (primary N) is 1. The van der Waals surface area contributed by atoms with Crippen LogP contribution in [0.25, 0.3) is 0 Å². The summed E-state index contributed by atoms with van der Waals surface area (Å²) in [4.78, 5) is 17.9. The molecule has 1 saturated heterocycles. The van der Waals surface area contributed by atoms with Crippen LogP contribution in [0.3, 0.4) is 0 Å². The Morgan fingerprint density at radius 3 is 3.24 bits per heavy atom. The molecule has 0 aromatic carbocycles. The molecular weight excluding hydrogens is 220 g/mol. The second-order valence-electron chi connectivity index (χ2n) is 4.22. The first-order valence-electron chi connectivity index (χ1n) is 5.79. The van der Waals surface area contributed by atoms with Crippen LogP contribution in [0.4, 0.5) is 0 Å². The van der Waals surface area contributed by atoms with Gasteiger partial charge in [0.2, 0.25) is 0 Å². The first-order chi connectivity index (χ1) is 8.22. The molecular formula is C11H18N4O2. The molecule has 94 valence electrons. The van der Waals surface area contributed by atoms with Gasteiger partial charge < -0.3 is 19.9 Å². The van der Waals surface area contributed by atoms with Gasteiger partial charge in [-0.15, -0.1) is 0 Å². The van der Waals surface area contributed by atoms with Gasteiger partial charge in [-0.05, 0) is 6.42 Å². The summed E-state index contributed by atoms with van der Waals surface area (Å²) in [5.74, 6) is -0.0590. The van der Waals surface area contributed by atoms with Crippen molar-refractivity contribution < 1.29 is 9.53 Å². The van der Waals surface area contributed by atoms with E-state index in [1.165, 1.54) is 0 Å². The third kappa shape index (κ3) is 2.65. The first-order valence-corrected chi connectivity index (χ1v) is 5.79. The molecule has 1 aliphatic rings. The summed E-state index contributed by atoms with van der Waals surface area (Å²) in [6.45, 7) is 2.56. The lowest BCUT2D eigenvalue weighted by molar-refractivity contribution is 0.0706. The summed E-state index contributed by atoms with van der Waals surface area (Å²) in [6, 6.07) is 0.169. The number of imidazole rings is 1. The van der Waals surface area contributed by atoms with E-state index in [4.69, 9.17) is 10.5 Å². The Hall–Kier alpha value is -1.40. The number of carbonyl (C=O) groups excluding carboxylic acids is 1. The van der Waals surface area contributed by atoms with Crippen LogP contribution < -0.4 is 5.73 Å². The van der Waals surface area contributed by atoms with Gasteiger partial charge in [-0.2, -0.15) is 0 Å². The molecule has 6 heteroatoms. The highest BCUT2D eigenvalue weighted by Gasteiger charge is 2.25. The SMILES string of the molecule is CN(C(=O)c1cn(CCN)cn1)C1CCOC1. The highest BCUT2D eigenvalue weighted by molar-refractivity contribution is 5.92. The molecule has 1 aliphatic heterocycles. The molecule has 2 rings (SSSR count). The summed E-state index contributed by atoms with van der Waals surface area (Å²) in [6.07, 6.45) is 4.27. The maximum atomic E-state index is 12.1. The number of carbonyl (C=O) groups is 1. The van der Waals surface area contributed by atoms with E-state index >= 15 is 0 Å². The van der Waals surface area contributed by atoms with Crippen LogP contribution >= 0.6 is 0 Å². The summed E-state index contributed by atoms with van der Waals surface area (Å²) >= 11 is 0. The fourth-order valence-corrected chi connectivity index (χ4v) is 1.92. The van der Waals surface area contributed by atoms with Crippen LogP contribution in [-0.4, -0.2) is 53.2 Å². The zero-order chi connectivity index (χ0) is 12.3. The highest BCUT2D eigenvalue weighted by atomic mass is 16.5. The van der Waals surface area contributed by atoms with E-state index in [1.807, 2.05) is 4.57 Å². The molecule has 17 heavy (non-hydrogen) atoms. The Bertz CT molecular complexity index is 385. The van der Waals surface area contributed by atoms with E-state index in [0.717, 1.165) is 13.0 Å². The summed E-state index contributed by atoms with van der Waals surface area (Å²) in [5, 5.41) is 0. The molecule has 0 aliphatic carbocycles. The maximum Gasteiger partial charge on any atom is 0.274 e. The Labute approximate surface area is 100 Å². The number of nitrogens with zero attached hydrogens (tertiary/aromatic N) is 3. The molecule has 0 spiro atoms. The molecule has 0 bridgehead atoms. The largest absolute Gasteiger partial charge is 0.379 e. The van der Waals surface area contributed by atoms with Crippen LogP contribution in [0.5, 0.6) is 0 Å². The van der Waals surface area contributed by atoms with Crippen molar-refractivity contribution in [2.24, 2.45) is 5.73 Å². The molecule has 0 saturated carbocycles. The van der Waals surface area contributed by atoms with Crippen LogP contribution in [-0.2, 0) is 11.3 Å². The molecule has 1 aromatic heterocycles. The van der Waals surface area contributed by atoms with E-state index in [-0.39, 0.29) is 11.9 Å². The number of hydrogen-bond acceptors (Lipinski definition) is 4. The Kier molecular flexibility index (Phi) is 3.75. The minimum Gasteiger partial charge on any atom is -0.379 e. The third-order valence-corrected chi connectivity index (χ3v) is 3.01. The zero-order valence-electron chi connectivity index (χ0n) is 10.0. The van der Waals surface area contributed by atoms with Crippen molar-refractivity contribution in [1.82, 2.24) is 14.5 Å². The van der Waals surface area contributed by atoms with Gasteiger partial charge in [-0.1, -0.05) is 0 Å². The van der Waals surface area contributed by atoms with Crippen molar-refractivity contribution in [3.05, 3.63) is 18.2 Å². The number of likely N-dealkylation sites (N-methyl/N-ethyl adjacent to an activating group) is 1. The molecule has 1 aromatic rings. The number of hydrogen-bond donors (Lipinski definition) is 1. The second-order valence-corrected chi connectivity index (χ2v) is 4.22. The first kappa shape index (κ1) is 12.1. The minimum atomic E-state index is -0.0590. The van der Waals surface area contributed by atoms with E-state index in [9.17, 15) is 4.79 Å². The summed E-state index contributed by atoms with van der Waals surface area (Å²) in [5.41, 5.74) is 5.91. The molecule has 0 radical (unpaired) electrons. The highest BCUT2D eigenvalue weighted by Crippen LogP contribution is 2.13. The summed E-state index contributed by atoms with van der Waals surface area (Å²) < 4.78 is 7.10. The smallest absolute Gasteiger partial charge is 0.274 e. The predicted octanol–water partition coefficient (Wildman–Crippen LogP) is -0.297. The Morgan fingerprint density at radius 1 is 1.76 bits per heavy atom. The Balaban J connectivity index is 2.02. The second kappa shape index (κ2) is 5.29. The van der Waals surface area contributed by atoms with E-state index < -0.39 is 0 Å². The standard InChI is InChI=1S/C11H18N4O2/c1-14(9-2-5-17-7-9)11(16)10-6-15(4-3-12)8-13-10/h6,8-9H,2-5,7,12H2,1H3. The third-order valence-electron chi connectivity index (χ3n) is 3.01. The number of aromatic nitrogens is 2. The van der Waals surface area contributed by atoms with Gasteiger partial charge in [0.05, 0.1) is 19.0 Å². The van der Waals surface area contributed by atoms with E-state index in [0.29, 0.717) is 25.4 Å². The molecule has 1 fully saturated rings. The van der Waals surface area contributed by atoms with Crippen LogP contribution in [0, 0.1) is 0 Å². The van der Waals surface area contributed by atoms with Crippen molar-refractivity contribution in [2.75, 3.05) is 26.8 Å². The van der Waals surface area contributed by atoms with Crippen molar-refractivity contribution in [2.45, 2.75) is 19.0 Å². The fourth-order valence-electron chi connectivity index (χ4n) is 1.92. The van der Waals surface area contributed by atoms with Crippen LogP contribution in [0.1, 0.15) is 16.9 Å². The monoisotopic (exact) mass is 238 g/mol. The minimum absolute atomic E-state index is 0.0590. The van der Waals surface area contributed by atoms with Crippen LogP contribution in [0.2, 0.25) is 0 Å². The van der Waals surface area contributed by atoms with Gasteiger partial charge in [0, 0.05) is 32.9 Å². The quantitative estimate of drug-likeness (QED) is 0.781. The van der Waals surface area contributed by atoms with Gasteiger partial charge in [-0.3, -0.25) is 4.79 Å². The average Bonchev–Trinajstić information content (AvgIpc) is 2.98. The van der Waals surface area contributed by atoms with Crippen LogP contribution in [0.15, 0.2) is 12.5 Å². The van der Waals surface area contributed by atoms with Gasteiger partial charge in [0.25, 0.3) is 5.91 Å². The average molecular weight is 238 g/mol. The number of rotatable bonds is 4. The summed E-state index contributed by atoms with van der Waals surface area (Å²) in [7, 11) is 1.80. The predicted molar refractivity (Wildman–Crippen MR) is 62.6 cm³/mol. The lowest BCUT2D eigenvalue weighted by atomic mass is 10.2. The lowest BCUT2D eigenvalue weighted by Crippen LogP contribution is -2.37. The van der Waals surface area contributed by atoms with Gasteiger partial charge in [0.15, 0.2) is 0 Å². The van der Waals surface area contributed by atoms with Crippen molar-refractivity contribution in [1.29, 1.82) is 0 Å². The molecule has 1 amide bonds. The zero-order valence-corrected chi connectivity index (χ0v) is 10.0. The molecule has 6 nitrogen and oxygen atoms in total.